The van der Waals surface area contributed by atoms with Gasteiger partial charge in [-0.25, -0.2) is 0 Å². The van der Waals surface area contributed by atoms with Crippen molar-refractivity contribution in [2.24, 2.45) is 0 Å². The van der Waals surface area contributed by atoms with Crippen molar-refractivity contribution in [3.8, 4) is 11.5 Å². The van der Waals surface area contributed by atoms with Gasteiger partial charge < -0.3 is 4.42 Å². The van der Waals surface area contributed by atoms with E-state index in [0.717, 1.165) is 16.3 Å². The number of hydrogen-bond donors (Lipinski definition) is 0. The van der Waals surface area contributed by atoms with E-state index in [-0.39, 0.29) is 17.0 Å². The van der Waals surface area contributed by atoms with Crippen LogP contribution in [0.4, 0.5) is 0 Å². The molecule has 0 aliphatic carbocycles. The topological polar surface area (TPSA) is 56.0 Å². The maximum atomic E-state index is 12.5. The highest BCUT2D eigenvalue weighted by Gasteiger charge is 2.16. The van der Waals surface area contributed by atoms with Gasteiger partial charge in [0.2, 0.25) is 5.89 Å². The van der Waals surface area contributed by atoms with Crippen molar-refractivity contribution >= 4 is 28.3 Å². The second-order valence-corrected chi connectivity index (χ2v) is 8.87. The summed E-state index contributed by atoms with van der Waals surface area (Å²) in [6.07, 6.45) is 0. The molecular weight excluding hydrogens is 380 g/mol. The molecule has 4 aromatic rings. The lowest BCUT2D eigenvalue weighted by atomic mass is 9.86. The smallest absolute Gasteiger partial charge is 0.277 e. The van der Waals surface area contributed by atoms with Crippen LogP contribution in [0.1, 0.15) is 36.7 Å². The molecule has 0 saturated carbocycles. The lowest BCUT2D eigenvalue weighted by Gasteiger charge is -2.18. The van der Waals surface area contributed by atoms with Crippen LogP contribution in [0.25, 0.3) is 22.2 Å². The number of carbonyl (C=O) groups excluding carboxylic acids is 1. The Morgan fingerprint density at radius 1 is 0.931 bits per heavy atom. The predicted molar refractivity (Wildman–Crippen MR) is 117 cm³/mol. The minimum atomic E-state index is 0.0420. The summed E-state index contributed by atoms with van der Waals surface area (Å²) in [6.45, 7) is 6.47. The summed E-state index contributed by atoms with van der Waals surface area (Å²) in [5.41, 5.74) is 2.86. The quantitative estimate of drug-likeness (QED) is 0.295. The minimum Gasteiger partial charge on any atom is -0.411 e. The Morgan fingerprint density at radius 3 is 2.41 bits per heavy atom. The summed E-state index contributed by atoms with van der Waals surface area (Å²) < 4.78 is 5.82. The summed E-state index contributed by atoms with van der Waals surface area (Å²) in [7, 11) is 0. The largest absolute Gasteiger partial charge is 0.411 e. The van der Waals surface area contributed by atoms with Crippen LogP contribution in [-0.2, 0) is 5.41 Å². The molecule has 29 heavy (non-hydrogen) atoms. The van der Waals surface area contributed by atoms with Crippen LogP contribution < -0.4 is 0 Å². The van der Waals surface area contributed by atoms with E-state index in [0.29, 0.717) is 16.7 Å². The van der Waals surface area contributed by atoms with Gasteiger partial charge in [-0.3, -0.25) is 4.79 Å². The Kier molecular flexibility index (Phi) is 5.24. The van der Waals surface area contributed by atoms with Crippen LogP contribution >= 0.6 is 11.8 Å². The van der Waals surface area contributed by atoms with Gasteiger partial charge in [0.25, 0.3) is 5.22 Å². The summed E-state index contributed by atoms with van der Waals surface area (Å²) in [5.74, 6) is 0.762. The number of thioether (sulfide) groups is 1. The first kappa shape index (κ1) is 19.4. The Hall–Kier alpha value is -2.92. The molecule has 0 aliphatic heterocycles. The number of ketones is 1. The second-order valence-electron chi connectivity index (χ2n) is 7.94. The fourth-order valence-electron chi connectivity index (χ4n) is 3.16. The van der Waals surface area contributed by atoms with E-state index in [1.54, 1.807) is 0 Å². The van der Waals surface area contributed by atoms with E-state index in [1.165, 1.54) is 17.3 Å². The molecule has 146 valence electrons. The van der Waals surface area contributed by atoms with Crippen LogP contribution in [0, 0.1) is 0 Å². The van der Waals surface area contributed by atoms with Crippen molar-refractivity contribution in [1.29, 1.82) is 0 Å². The standard InChI is InChI=1S/C24H22N2O2S/c1-24(2,3)18-13-11-17(12-14-18)21(27)15-29-23-26-25-22(28-23)20-10-6-8-16-7-4-5-9-19(16)20/h4-14H,15H2,1-3H3. The van der Waals surface area contributed by atoms with Gasteiger partial charge in [0.05, 0.1) is 5.75 Å². The van der Waals surface area contributed by atoms with Gasteiger partial charge in [0.15, 0.2) is 5.78 Å². The van der Waals surface area contributed by atoms with Crippen LogP contribution in [0.3, 0.4) is 0 Å². The van der Waals surface area contributed by atoms with E-state index in [1.807, 2.05) is 54.6 Å². The summed E-state index contributed by atoms with van der Waals surface area (Å²) in [6, 6.07) is 21.9. The Morgan fingerprint density at radius 2 is 1.66 bits per heavy atom. The molecule has 4 nitrogen and oxygen atoms in total. The van der Waals surface area contributed by atoms with Crippen LogP contribution in [0.5, 0.6) is 0 Å². The monoisotopic (exact) mass is 402 g/mol. The third-order valence-electron chi connectivity index (χ3n) is 4.83. The first-order chi connectivity index (χ1) is 13.9. The van der Waals surface area contributed by atoms with Gasteiger partial charge in [0.1, 0.15) is 0 Å². The summed E-state index contributed by atoms with van der Waals surface area (Å²) >= 11 is 1.26. The number of benzene rings is 3. The molecule has 4 rings (SSSR count). The van der Waals surface area contributed by atoms with Gasteiger partial charge in [0, 0.05) is 11.1 Å². The van der Waals surface area contributed by atoms with Crippen molar-refractivity contribution in [2.45, 2.75) is 31.4 Å². The van der Waals surface area contributed by atoms with Gasteiger partial charge in [-0.05, 0) is 27.8 Å². The molecule has 0 atom stereocenters. The SMILES string of the molecule is CC(C)(C)c1ccc(C(=O)CSc2nnc(-c3cccc4ccccc34)o2)cc1. The zero-order valence-electron chi connectivity index (χ0n) is 16.7. The van der Waals surface area contributed by atoms with E-state index in [2.05, 4.69) is 43.1 Å². The maximum absolute atomic E-state index is 12.5. The number of rotatable bonds is 5. The third-order valence-corrected chi connectivity index (χ3v) is 5.64. The summed E-state index contributed by atoms with van der Waals surface area (Å²) in [4.78, 5) is 12.5. The van der Waals surface area contributed by atoms with Crippen molar-refractivity contribution in [3.05, 3.63) is 77.9 Å². The van der Waals surface area contributed by atoms with Crippen molar-refractivity contribution in [2.75, 3.05) is 5.75 Å². The average Bonchev–Trinajstić information content (AvgIpc) is 3.20. The molecule has 5 heteroatoms. The zero-order chi connectivity index (χ0) is 20.4. The van der Waals surface area contributed by atoms with Gasteiger partial charge in [-0.15, -0.1) is 10.2 Å². The highest BCUT2D eigenvalue weighted by Crippen LogP contribution is 2.30. The zero-order valence-corrected chi connectivity index (χ0v) is 17.5. The van der Waals surface area contributed by atoms with Gasteiger partial charge in [-0.1, -0.05) is 93.2 Å². The predicted octanol–water partition coefficient (Wildman–Crippen LogP) is 6.16. The van der Waals surface area contributed by atoms with Crippen molar-refractivity contribution < 1.29 is 9.21 Å². The molecule has 0 N–H and O–H groups in total. The van der Waals surface area contributed by atoms with Gasteiger partial charge >= 0.3 is 0 Å². The Bertz CT molecular complexity index is 1150. The fraction of sp³-hybridized carbons (Fsp3) is 0.208. The third kappa shape index (κ3) is 4.25. The van der Waals surface area contributed by atoms with Crippen LogP contribution in [0.2, 0.25) is 0 Å². The van der Waals surface area contributed by atoms with E-state index >= 15 is 0 Å². The number of carbonyl (C=O) groups is 1. The van der Waals surface area contributed by atoms with Crippen molar-refractivity contribution in [1.82, 2.24) is 10.2 Å². The second kappa shape index (κ2) is 7.84. The molecule has 3 aromatic carbocycles. The molecule has 0 unspecified atom stereocenters. The van der Waals surface area contributed by atoms with Crippen LogP contribution in [-0.4, -0.2) is 21.7 Å². The fourth-order valence-corrected chi connectivity index (χ4v) is 3.81. The normalized spacial score (nSPS) is 11.7. The molecule has 0 fully saturated rings. The molecule has 0 saturated heterocycles. The minimum absolute atomic E-state index is 0.0420. The Balaban J connectivity index is 1.46. The highest BCUT2D eigenvalue weighted by atomic mass is 32.2. The molecule has 1 aromatic heterocycles. The van der Waals surface area contributed by atoms with Crippen molar-refractivity contribution in [3.63, 3.8) is 0 Å². The number of Topliss-reactive ketones (excluding diaryl/α,β-unsaturated/α-hetero) is 1. The van der Waals surface area contributed by atoms with E-state index in [4.69, 9.17) is 4.42 Å². The maximum Gasteiger partial charge on any atom is 0.277 e. The lowest BCUT2D eigenvalue weighted by molar-refractivity contribution is 0.102. The number of hydrogen-bond acceptors (Lipinski definition) is 5. The lowest BCUT2D eigenvalue weighted by Crippen LogP contribution is -2.11. The van der Waals surface area contributed by atoms with E-state index in [9.17, 15) is 4.79 Å². The number of fused-ring (bicyclic) bond motifs is 1. The first-order valence-corrected chi connectivity index (χ1v) is 10.5. The average molecular weight is 403 g/mol. The number of aromatic nitrogens is 2. The molecule has 0 aliphatic rings. The molecule has 1 heterocycles. The molecule has 0 spiro atoms. The number of nitrogens with zero attached hydrogens (tertiary/aromatic N) is 2. The molecule has 0 radical (unpaired) electrons. The first-order valence-electron chi connectivity index (χ1n) is 9.50. The van der Waals surface area contributed by atoms with E-state index < -0.39 is 0 Å². The van der Waals surface area contributed by atoms with Gasteiger partial charge in [-0.2, -0.15) is 0 Å². The molecule has 0 amide bonds. The summed E-state index contributed by atoms with van der Waals surface area (Å²) in [5, 5.41) is 10.9. The Labute approximate surface area is 174 Å². The van der Waals surface area contributed by atoms with Crippen LogP contribution in [0.15, 0.2) is 76.4 Å². The molecule has 0 bridgehead atoms. The highest BCUT2D eigenvalue weighted by molar-refractivity contribution is 7.99. The molecular formula is C24H22N2O2S.